The van der Waals surface area contributed by atoms with Gasteiger partial charge in [0, 0.05) is 12.0 Å². The molecule has 27 heavy (non-hydrogen) atoms. The molecule has 1 aromatic carbocycles. The van der Waals surface area contributed by atoms with Crippen molar-refractivity contribution in [3.8, 4) is 11.5 Å². The number of carbonyl (C=O) groups is 1. The van der Waals surface area contributed by atoms with Gasteiger partial charge in [-0.25, -0.2) is 0 Å². The molecule has 7 heteroatoms. The van der Waals surface area contributed by atoms with Crippen LogP contribution in [0.15, 0.2) is 22.7 Å². The van der Waals surface area contributed by atoms with Gasteiger partial charge in [0.1, 0.15) is 17.0 Å². The molecule has 1 N–H and O–H groups in total. The van der Waals surface area contributed by atoms with E-state index in [0.717, 1.165) is 17.1 Å². The van der Waals surface area contributed by atoms with E-state index in [-0.39, 0.29) is 24.2 Å². The number of aromatic nitrogens is 1. The number of amides is 1. The first kappa shape index (κ1) is 19.2. The fourth-order valence-corrected chi connectivity index (χ4v) is 3.15. The zero-order chi connectivity index (χ0) is 19.8. The van der Waals surface area contributed by atoms with Crippen LogP contribution in [0.4, 0.5) is 0 Å². The third-order valence-corrected chi connectivity index (χ3v) is 4.66. The normalized spacial score (nSPS) is 14.5. The molecular weight excluding hydrogens is 346 g/mol. The maximum atomic E-state index is 12.9. The molecule has 0 saturated carbocycles. The number of fused-ring (bicyclic) bond motifs is 1. The summed E-state index contributed by atoms with van der Waals surface area (Å²) in [5.74, 6) is 1.83. The lowest BCUT2D eigenvalue weighted by atomic mass is 9.88. The number of aryl methyl sites for hydroxylation is 1. The first-order valence-corrected chi connectivity index (χ1v) is 8.99. The summed E-state index contributed by atoms with van der Waals surface area (Å²) < 4.78 is 16.1. The van der Waals surface area contributed by atoms with Crippen molar-refractivity contribution in [2.45, 2.75) is 39.2 Å². The molecule has 1 aromatic heterocycles. The molecule has 0 aliphatic carbocycles. The van der Waals surface area contributed by atoms with Crippen molar-refractivity contribution in [2.24, 2.45) is 0 Å². The third kappa shape index (κ3) is 3.93. The van der Waals surface area contributed by atoms with Gasteiger partial charge in [0.05, 0.1) is 6.04 Å². The summed E-state index contributed by atoms with van der Waals surface area (Å²) in [7, 11) is 3.96. The van der Waals surface area contributed by atoms with Gasteiger partial charge in [-0.15, -0.1) is 0 Å². The number of likely N-dealkylation sites (N-methyl/N-ethyl adjacent to an activating group) is 1. The molecule has 1 aliphatic rings. The van der Waals surface area contributed by atoms with Crippen LogP contribution in [0.2, 0.25) is 0 Å². The fourth-order valence-electron chi connectivity index (χ4n) is 3.15. The number of rotatable bonds is 5. The lowest BCUT2D eigenvalue weighted by Gasteiger charge is -2.25. The highest BCUT2D eigenvalue weighted by Crippen LogP contribution is 2.35. The first-order chi connectivity index (χ1) is 12.7. The molecule has 2 aromatic rings. The highest BCUT2D eigenvalue weighted by Gasteiger charge is 2.29. The first-order valence-electron chi connectivity index (χ1n) is 8.99. The van der Waals surface area contributed by atoms with Crippen LogP contribution in [0, 0.1) is 6.92 Å². The Balaban J connectivity index is 1.78. The van der Waals surface area contributed by atoms with E-state index in [1.165, 1.54) is 0 Å². The second-order valence-electron chi connectivity index (χ2n) is 8.01. The minimum atomic E-state index is -0.275. The van der Waals surface area contributed by atoms with Gasteiger partial charge in [-0.3, -0.25) is 4.79 Å². The van der Waals surface area contributed by atoms with Crippen LogP contribution < -0.4 is 14.8 Å². The standard InChI is InChI=1S/C20H27N3O4/c1-12-17(18(22-27-12)20(2,3)4)19(24)21-10-14(23(5)6)13-7-8-15-16(9-13)26-11-25-15/h7-9,14H,10-11H2,1-6H3,(H,21,24). The van der Waals surface area contributed by atoms with Crippen LogP contribution in [0.25, 0.3) is 0 Å². The van der Waals surface area contributed by atoms with Crippen molar-refractivity contribution in [1.82, 2.24) is 15.4 Å². The van der Waals surface area contributed by atoms with E-state index in [9.17, 15) is 4.79 Å². The summed E-state index contributed by atoms with van der Waals surface area (Å²) in [6.07, 6.45) is 0. The zero-order valence-corrected chi connectivity index (χ0v) is 16.8. The maximum absolute atomic E-state index is 12.9. The van der Waals surface area contributed by atoms with Crippen molar-refractivity contribution in [3.63, 3.8) is 0 Å². The van der Waals surface area contributed by atoms with Crippen LogP contribution in [0.5, 0.6) is 11.5 Å². The van der Waals surface area contributed by atoms with Crippen molar-refractivity contribution in [3.05, 3.63) is 40.8 Å². The monoisotopic (exact) mass is 373 g/mol. The maximum Gasteiger partial charge on any atom is 0.256 e. The van der Waals surface area contributed by atoms with E-state index in [2.05, 4.69) is 15.4 Å². The second-order valence-corrected chi connectivity index (χ2v) is 8.01. The van der Waals surface area contributed by atoms with E-state index >= 15 is 0 Å². The summed E-state index contributed by atoms with van der Waals surface area (Å²) in [6, 6.07) is 5.85. The van der Waals surface area contributed by atoms with Gasteiger partial charge >= 0.3 is 0 Å². The Morgan fingerprint density at radius 1 is 1.26 bits per heavy atom. The molecule has 0 spiro atoms. The van der Waals surface area contributed by atoms with E-state index in [1.807, 2.05) is 53.1 Å². The lowest BCUT2D eigenvalue weighted by Crippen LogP contribution is -2.35. The smallest absolute Gasteiger partial charge is 0.256 e. The van der Waals surface area contributed by atoms with Crippen LogP contribution in [-0.4, -0.2) is 43.4 Å². The van der Waals surface area contributed by atoms with Gasteiger partial charge in [0.15, 0.2) is 11.5 Å². The van der Waals surface area contributed by atoms with Crippen molar-refractivity contribution >= 4 is 5.91 Å². The molecule has 1 amide bonds. The molecule has 0 bridgehead atoms. The zero-order valence-electron chi connectivity index (χ0n) is 16.8. The van der Waals surface area contributed by atoms with Crippen molar-refractivity contribution < 1.29 is 18.8 Å². The number of nitrogens with one attached hydrogen (secondary N) is 1. The summed E-state index contributed by atoms with van der Waals surface area (Å²) in [6.45, 7) is 8.48. The molecular formula is C20H27N3O4. The Labute approximate surface area is 159 Å². The summed E-state index contributed by atoms with van der Waals surface area (Å²) in [5, 5.41) is 7.12. The van der Waals surface area contributed by atoms with E-state index in [4.69, 9.17) is 14.0 Å². The molecule has 0 fully saturated rings. The number of hydrogen-bond donors (Lipinski definition) is 1. The SMILES string of the molecule is Cc1onc(C(C)(C)C)c1C(=O)NCC(c1ccc2c(c1)OCO2)N(C)C. The number of ether oxygens (including phenoxy) is 2. The lowest BCUT2D eigenvalue weighted by molar-refractivity contribution is 0.0938. The Morgan fingerprint density at radius 2 is 1.96 bits per heavy atom. The molecule has 2 heterocycles. The summed E-state index contributed by atoms with van der Waals surface area (Å²) in [5.41, 5.74) is 1.96. The van der Waals surface area contributed by atoms with Gasteiger partial charge in [-0.05, 0) is 38.7 Å². The van der Waals surface area contributed by atoms with Crippen LogP contribution in [0.1, 0.15) is 54.2 Å². The van der Waals surface area contributed by atoms with Crippen molar-refractivity contribution in [1.29, 1.82) is 0 Å². The van der Waals surface area contributed by atoms with Crippen LogP contribution in [-0.2, 0) is 5.41 Å². The van der Waals surface area contributed by atoms with Crippen molar-refractivity contribution in [2.75, 3.05) is 27.4 Å². The average Bonchev–Trinajstić information content (AvgIpc) is 3.19. The van der Waals surface area contributed by atoms with Gasteiger partial charge in [-0.1, -0.05) is 32.0 Å². The van der Waals surface area contributed by atoms with E-state index < -0.39 is 0 Å². The minimum absolute atomic E-state index is 0.0123. The van der Waals surface area contributed by atoms with Gasteiger partial charge in [-0.2, -0.15) is 0 Å². The van der Waals surface area contributed by atoms with Gasteiger partial charge in [0.2, 0.25) is 6.79 Å². The highest BCUT2D eigenvalue weighted by atomic mass is 16.7. The molecule has 1 atom stereocenters. The van der Waals surface area contributed by atoms with E-state index in [1.54, 1.807) is 6.92 Å². The predicted molar refractivity (Wildman–Crippen MR) is 101 cm³/mol. The molecule has 3 rings (SSSR count). The summed E-state index contributed by atoms with van der Waals surface area (Å²) >= 11 is 0. The molecule has 1 unspecified atom stereocenters. The van der Waals surface area contributed by atoms with E-state index in [0.29, 0.717) is 23.6 Å². The predicted octanol–water partition coefficient (Wildman–Crippen LogP) is 3.04. The number of hydrogen-bond acceptors (Lipinski definition) is 6. The van der Waals surface area contributed by atoms with Crippen LogP contribution in [0.3, 0.4) is 0 Å². The third-order valence-electron chi connectivity index (χ3n) is 4.66. The number of carbonyl (C=O) groups excluding carboxylic acids is 1. The Kier molecular flexibility index (Phi) is 5.15. The average molecular weight is 373 g/mol. The molecule has 0 saturated heterocycles. The van der Waals surface area contributed by atoms with Gasteiger partial charge < -0.3 is 24.2 Å². The molecule has 7 nitrogen and oxygen atoms in total. The molecule has 146 valence electrons. The molecule has 0 radical (unpaired) electrons. The number of benzene rings is 1. The second kappa shape index (κ2) is 7.23. The van der Waals surface area contributed by atoms with Gasteiger partial charge in [0.25, 0.3) is 5.91 Å². The highest BCUT2D eigenvalue weighted by molar-refractivity contribution is 5.96. The largest absolute Gasteiger partial charge is 0.454 e. The number of nitrogens with zero attached hydrogens (tertiary/aromatic N) is 2. The Morgan fingerprint density at radius 3 is 2.63 bits per heavy atom. The Hall–Kier alpha value is -2.54. The quantitative estimate of drug-likeness (QED) is 0.868. The summed E-state index contributed by atoms with van der Waals surface area (Å²) in [4.78, 5) is 14.9. The molecule has 1 aliphatic heterocycles. The topological polar surface area (TPSA) is 76.8 Å². The minimum Gasteiger partial charge on any atom is -0.454 e. The Bertz CT molecular complexity index is 836. The fraction of sp³-hybridized carbons (Fsp3) is 0.500. The van der Waals surface area contributed by atoms with Crippen LogP contribution >= 0.6 is 0 Å².